The Kier molecular flexibility index (Phi) is 5.92. The molecule has 0 atom stereocenters. The van der Waals surface area contributed by atoms with Gasteiger partial charge in [0.2, 0.25) is 0 Å². The van der Waals surface area contributed by atoms with Crippen LogP contribution in [0.2, 0.25) is 0 Å². The number of hydrogen-bond donors (Lipinski definition) is 0. The van der Waals surface area contributed by atoms with E-state index in [0.29, 0.717) is 24.2 Å². The molecule has 0 fully saturated rings. The van der Waals surface area contributed by atoms with E-state index >= 15 is 0 Å². The molecule has 0 aromatic heterocycles. The zero-order valence-corrected chi connectivity index (χ0v) is 16.0. The number of Topliss-reactive ketones (excluding diaryl/α,β-unsaturated/α-hetero) is 1. The number of benzene rings is 2. The van der Waals surface area contributed by atoms with Crippen molar-refractivity contribution >= 4 is 13.4 Å². The van der Waals surface area contributed by atoms with Crippen molar-refractivity contribution in [3.63, 3.8) is 0 Å². The summed E-state index contributed by atoms with van der Waals surface area (Å²) in [6.07, 6.45) is 0.938. The molecule has 1 aliphatic carbocycles. The minimum absolute atomic E-state index is 0.0513. The maximum absolute atomic E-state index is 12.6. The summed E-state index contributed by atoms with van der Waals surface area (Å²) in [5.74, 6) is 0.497. The zero-order valence-electron chi connectivity index (χ0n) is 15.1. The van der Waals surface area contributed by atoms with Gasteiger partial charge in [0.05, 0.1) is 18.8 Å². The molecule has 6 heteroatoms. The van der Waals surface area contributed by atoms with Gasteiger partial charge < -0.3 is 13.8 Å². The Hall–Kier alpha value is -1.94. The first-order valence-electron chi connectivity index (χ1n) is 8.83. The van der Waals surface area contributed by atoms with E-state index in [2.05, 4.69) is 0 Å². The van der Waals surface area contributed by atoms with Crippen molar-refractivity contribution in [2.45, 2.75) is 26.7 Å². The first-order valence-corrected chi connectivity index (χ1v) is 10.6. The average Bonchev–Trinajstić information content (AvgIpc) is 3.03. The third-order valence-electron chi connectivity index (χ3n) is 4.27. The van der Waals surface area contributed by atoms with E-state index in [1.165, 1.54) is 0 Å². The van der Waals surface area contributed by atoms with Crippen LogP contribution in [-0.4, -0.2) is 25.3 Å². The predicted octanol–water partition coefficient (Wildman–Crippen LogP) is 5.08. The third kappa shape index (κ3) is 3.90. The molecule has 5 nitrogen and oxygen atoms in total. The van der Waals surface area contributed by atoms with E-state index < -0.39 is 7.60 Å². The second-order valence-electron chi connectivity index (χ2n) is 5.97. The van der Waals surface area contributed by atoms with E-state index in [9.17, 15) is 9.36 Å². The Morgan fingerprint density at radius 3 is 2.31 bits per heavy atom. The highest BCUT2D eigenvalue weighted by molar-refractivity contribution is 7.53. The molecule has 0 saturated heterocycles. The van der Waals surface area contributed by atoms with Gasteiger partial charge in [-0.15, -0.1) is 0 Å². The molecule has 0 bridgehead atoms. The second-order valence-corrected chi connectivity index (χ2v) is 7.97. The fourth-order valence-electron chi connectivity index (χ4n) is 3.22. The van der Waals surface area contributed by atoms with Gasteiger partial charge in [-0.1, -0.05) is 36.4 Å². The van der Waals surface area contributed by atoms with Crippen LogP contribution in [-0.2, 0) is 20.0 Å². The lowest BCUT2D eigenvalue weighted by atomic mass is 9.96. The van der Waals surface area contributed by atoms with Crippen molar-refractivity contribution in [2.75, 3.05) is 19.6 Å². The van der Waals surface area contributed by atoms with Gasteiger partial charge in [-0.2, -0.15) is 0 Å². The summed E-state index contributed by atoms with van der Waals surface area (Å²) < 4.78 is 28.9. The lowest BCUT2D eigenvalue weighted by molar-refractivity contribution is 0.0990. The second kappa shape index (κ2) is 8.17. The largest absolute Gasteiger partial charge is 0.480 e. The maximum atomic E-state index is 12.6. The molecule has 1 aliphatic rings. The molecule has 0 spiro atoms. The third-order valence-corrected chi connectivity index (χ3v) is 6.02. The lowest BCUT2D eigenvalue weighted by Crippen LogP contribution is -2.08. The van der Waals surface area contributed by atoms with Crippen LogP contribution in [0.4, 0.5) is 0 Å². The van der Waals surface area contributed by atoms with Gasteiger partial charge in [-0.05, 0) is 43.0 Å². The zero-order chi connectivity index (χ0) is 18.6. The van der Waals surface area contributed by atoms with Crippen molar-refractivity contribution in [3.05, 3.63) is 53.6 Å². The van der Waals surface area contributed by atoms with Crippen LogP contribution in [0.3, 0.4) is 0 Å². The number of rotatable bonds is 8. The van der Waals surface area contributed by atoms with Crippen LogP contribution >= 0.6 is 7.60 Å². The van der Waals surface area contributed by atoms with Gasteiger partial charge in [-0.3, -0.25) is 9.36 Å². The summed E-state index contributed by atoms with van der Waals surface area (Å²) in [6.45, 7) is 4.04. The fourth-order valence-corrected chi connectivity index (χ4v) is 4.53. The van der Waals surface area contributed by atoms with Gasteiger partial charge in [0, 0.05) is 6.42 Å². The van der Waals surface area contributed by atoms with Crippen molar-refractivity contribution in [1.82, 2.24) is 0 Å². The molecule has 0 N–H and O–H groups in total. The molecule has 138 valence electrons. The highest BCUT2D eigenvalue weighted by Gasteiger charge is 2.30. The highest BCUT2D eigenvalue weighted by atomic mass is 31.2. The fraction of sp³-hybridized carbons (Fsp3) is 0.350. The van der Waals surface area contributed by atoms with Crippen LogP contribution in [0.15, 0.2) is 42.5 Å². The predicted molar refractivity (Wildman–Crippen MR) is 101 cm³/mol. The molecule has 26 heavy (non-hydrogen) atoms. The summed E-state index contributed by atoms with van der Waals surface area (Å²) in [6, 6.07) is 13.7. The monoisotopic (exact) mass is 374 g/mol. The molecule has 0 amide bonds. The molecule has 3 rings (SSSR count). The van der Waals surface area contributed by atoms with Gasteiger partial charge >= 0.3 is 7.60 Å². The molecule has 0 unspecified atom stereocenters. The van der Waals surface area contributed by atoms with Crippen molar-refractivity contribution < 1.29 is 23.1 Å². The first kappa shape index (κ1) is 18.8. The molecular weight excluding hydrogens is 351 g/mol. The van der Waals surface area contributed by atoms with Crippen molar-refractivity contribution in [3.8, 4) is 16.9 Å². The van der Waals surface area contributed by atoms with Crippen LogP contribution in [0.25, 0.3) is 11.1 Å². The van der Waals surface area contributed by atoms with Crippen LogP contribution in [0, 0.1) is 0 Å². The Morgan fingerprint density at radius 1 is 0.962 bits per heavy atom. The Labute approximate surface area is 153 Å². The number of hydrogen-bond acceptors (Lipinski definition) is 5. The molecule has 0 radical (unpaired) electrons. The molecule has 0 heterocycles. The Morgan fingerprint density at radius 2 is 1.65 bits per heavy atom. The number of carbonyl (C=O) groups is 1. The smallest absolute Gasteiger partial charge is 0.367 e. The standard InChI is InChI=1S/C20H23O5P/c1-3-24-26(22,25-4-2)14-23-19-13-11-16(15-8-6-5-7-9-15)17-10-12-18(21)20(17)19/h5-9,11,13H,3-4,10,12,14H2,1-2H3. The molecule has 0 saturated carbocycles. The summed E-state index contributed by atoms with van der Waals surface area (Å²) in [4.78, 5) is 12.4. The van der Waals surface area contributed by atoms with Crippen molar-refractivity contribution in [2.24, 2.45) is 0 Å². The van der Waals surface area contributed by atoms with Gasteiger partial charge in [0.15, 0.2) is 12.1 Å². The summed E-state index contributed by atoms with van der Waals surface area (Å²) >= 11 is 0. The molecular formula is C20H23O5P. The summed E-state index contributed by atoms with van der Waals surface area (Å²) in [5, 5.41) is 0. The van der Waals surface area contributed by atoms with Crippen LogP contribution in [0.1, 0.15) is 36.2 Å². The minimum atomic E-state index is -3.33. The molecule has 0 aliphatic heterocycles. The van der Waals surface area contributed by atoms with Gasteiger partial charge in [0.1, 0.15) is 5.75 Å². The quantitative estimate of drug-likeness (QED) is 0.603. The van der Waals surface area contributed by atoms with E-state index in [1.54, 1.807) is 19.9 Å². The molecule has 2 aromatic rings. The van der Waals surface area contributed by atoms with E-state index in [1.807, 2.05) is 36.4 Å². The lowest BCUT2D eigenvalue weighted by Gasteiger charge is -2.19. The van der Waals surface area contributed by atoms with Crippen LogP contribution < -0.4 is 4.74 Å². The van der Waals surface area contributed by atoms with Crippen LogP contribution in [0.5, 0.6) is 5.75 Å². The average molecular weight is 374 g/mol. The first-order chi connectivity index (χ1) is 12.6. The SMILES string of the molecule is CCOP(=O)(COc1ccc(-c2ccccc2)c2c1C(=O)CC2)OCC. The number of fused-ring (bicyclic) bond motifs is 1. The number of ketones is 1. The number of ether oxygens (including phenoxy) is 1. The van der Waals surface area contributed by atoms with E-state index in [4.69, 9.17) is 13.8 Å². The van der Waals surface area contributed by atoms with Crippen molar-refractivity contribution in [1.29, 1.82) is 0 Å². The van der Waals surface area contributed by atoms with E-state index in [0.717, 1.165) is 16.7 Å². The number of carbonyl (C=O) groups excluding carboxylic acids is 1. The summed E-state index contributed by atoms with van der Waals surface area (Å²) in [7, 11) is -3.33. The normalized spacial score (nSPS) is 13.7. The van der Waals surface area contributed by atoms with Gasteiger partial charge in [0.25, 0.3) is 0 Å². The maximum Gasteiger partial charge on any atom is 0.367 e. The summed E-state index contributed by atoms with van der Waals surface area (Å²) in [5.41, 5.74) is 3.68. The van der Waals surface area contributed by atoms with E-state index in [-0.39, 0.29) is 25.3 Å². The van der Waals surface area contributed by atoms with Gasteiger partial charge in [-0.25, -0.2) is 0 Å². The minimum Gasteiger partial charge on any atom is -0.480 e. The topological polar surface area (TPSA) is 61.8 Å². The Bertz CT molecular complexity index is 822. The Balaban J connectivity index is 1.91. The molecule has 2 aromatic carbocycles. The highest BCUT2D eigenvalue weighted by Crippen LogP contribution is 2.48.